The van der Waals surface area contributed by atoms with Crippen LogP contribution in [0.5, 0.6) is 11.5 Å². The molecule has 0 radical (unpaired) electrons. The molecule has 0 atom stereocenters. The average molecular weight is 377 g/mol. The lowest BCUT2D eigenvalue weighted by Gasteiger charge is -2.10. The molecule has 120 valence electrons. The van der Waals surface area contributed by atoms with Crippen molar-refractivity contribution in [2.75, 3.05) is 13.2 Å². The van der Waals surface area contributed by atoms with Gasteiger partial charge >= 0.3 is 0 Å². The summed E-state index contributed by atoms with van der Waals surface area (Å²) < 4.78 is 11.9. The summed E-state index contributed by atoms with van der Waals surface area (Å²) in [5, 5.41) is 3.89. The number of hydrogen-bond donors (Lipinski definition) is 1. The maximum absolute atomic E-state index is 11.7. The normalized spacial score (nSPS) is 10.5. The second-order valence-electron chi connectivity index (χ2n) is 4.51. The number of carbonyl (C=O) groups excluding carboxylic acids is 1. The maximum Gasteiger partial charge on any atom is 0.277 e. The predicted molar refractivity (Wildman–Crippen MR) is 93.0 cm³/mol. The van der Waals surface area contributed by atoms with E-state index < -0.39 is 0 Å². The number of amides is 1. The highest BCUT2D eigenvalue weighted by molar-refractivity contribution is 9.10. The zero-order valence-corrected chi connectivity index (χ0v) is 14.2. The van der Waals surface area contributed by atoms with Crippen molar-refractivity contribution < 1.29 is 14.3 Å². The van der Waals surface area contributed by atoms with Gasteiger partial charge in [0.05, 0.1) is 12.8 Å². The topological polar surface area (TPSA) is 59.9 Å². The van der Waals surface area contributed by atoms with Gasteiger partial charge in [-0.1, -0.05) is 40.2 Å². The molecule has 1 amide bonds. The molecule has 0 spiro atoms. The van der Waals surface area contributed by atoms with Crippen LogP contribution in [0.1, 0.15) is 12.5 Å². The summed E-state index contributed by atoms with van der Waals surface area (Å²) in [5.41, 5.74) is 3.31. The van der Waals surface area contributed by atoms with Crippen LogP contribution < -0.4 is 14.9 Å². The van der Waals surface area contributed by atoms with E-state index in [0.29, 0.717) is 18.1 Å². The molecule has 0 aliphatic rings. The molecule has 0 aliphatic carbocycles. The molecular weight excluding hydrogens is 360 g/mol. The van der Waals surface area contributed by atoms with E-state index in [2.05, 4.69) is 26.5 Å². The number of rotatable bonds is 7. The van der Waals surface area contributed by atoms with E-state index in [1.165, 1.54) is 0 Å². The highest BCUT2D eigenvalue weighted by Gasteiger charge is 2.06. The van der Waals surface area contributed by atoms with Gasteiger partial charge in [0.2, 0.25) is 0 Å². The zero-order chi connectivity index (χ0) is 16.5. The summed E-state index contributed by atoms with van der Waals surface area (Å²) >= 11 is 3.36. The van der Waals surface area contributed by atoms with Gasteiger partial charge in [0.25, 0.3) is 5.91 Å². The number of carbonyl (C=O) groups is 1. The lowest BCUT2D eigenvalue weighted by Crippen LogP contribution is -2.24. The predicted octanol–water partition coefficient (Wildman–Crippen LogP) is 3.38. The highest BCUT2D eigenvalue weighted by atomic mass is 79.9. The van der Waals surface area contributed by atoms with E-state index in [1.807, 2.05) is 43.3 Å². The Morgan fingerprint density at radius 3 is 2.43 bits per heavy atom. The first kappa shape index (κ1) is 17.0. The third-order valence-corrected chi connectivity index (χ3v) is 3.31. The van der Waals surface area contributed by atoms with Gasteiger partial charge in [-0.25, -0.2) is 5.43 Å². The van der Waals surface area contributed by atoms with Crippen molar-refractivity contribution in [3.05, 3.63) is 58.6 Å². The van der Waals surface area contributed by atoms with Crippen LogP contribution in [0.25, 0.3) is 0 Å². The minimum absolute atomic E-state index is 0.137. The third kappa shape index (κ3) is 5.75. The van der Waals surface area contributed by atoms with Gasteiger partial charge in [0.15, 0.2) is 18.1 Å². The Kier molecular flexibility index (Phi) is 6.62. The molecule has 0 aliphatic heterocycles. The second kappa shape index (κ2) is 8.95. The van der Waals surface area contributed by atoms with Crippen molar-refractivity contribution >= 4 is 28.1 Å². The molecule has 2 aromatic carbocycles. The molecular formula is C17H17BrN2O3. The van der Waals surface area contributed by atoms with Crippen LogP contribution in [0.3, 0.4) is 0 Å². The molecule has 0 saturated carbocycles. The molecule has 1 N–H and O–H groups in total. The maximum atomic E-state index is 11.7. The number of benzene rings is 2. The lowest BCUT2D eigenvalue weighted by atomic mass is 10.2. The van der Waals surface area contributed by atoms with Crippen LogP contribution in [0.4, 0.5) is 0 Å². The molecule has 6 heteroatoms. The molecule has 2 rings (SSSR count). The Labute approximate surface area is 143 Å². The summed E-state index contributed by atoms with van der Waals surface area (Å²) in [5.74, 6) is 0.798. The van der Waals surface area contributed by atoms with Crippen molar-refractivity contribution in [1.82, 2.24) is 5.43 Å². The fourth-order valence-corrected chi connectivity index (χ4v) is 2.01. The van der Waals surface area contributed by atoms with Crippen molar-refractivity contribution in [2.45, 2.75) is 6.92 Å². The van der Waals surface area contributed by atoms with Crippen LogP contribution >= 0.6 is 15.9 Å². The molecule has 0 heterocycles. The number of halogens is 1. The van der Waals surface area contributed by atoms with Crippen molar-refractivity contribution in [1.29, 1.82) is 0 Å². The van der Waals surface area contributed by atoms with Crippen LogP contribution in [0.2, 0.25) is 0 Å². The average Bonchev–Trinajstić information content (AvgIpc) is 2.56. The Morgan fingerprint density at radius 1 is 1.13 bits per heavy atom. The van der Waals surface area contributed by atoms with Gasteiger partial charge in [-0.15, -0.1) is 0 Å². The quantitative estimate of drug-likeness (QED) is 0.595. The van der Waals surface area contributed by atoms with Crippen molar-refractivity contribution in [3.63, 3.8) is 0 Å². The first-order valence-electron chi connectivity index (χ1n) is 7.11. The summed E-state index contributed by atoms with van der Waals surface area (Å²) in [6.07, 6.45) is 1.57. The molecule has 0 aromatic heterocycles. The summed E-state index contributed by atoms with van der Waals surface area (Å²) in [7, 11) is 0. The van der Waals surface area contributed by atoms with Gasteiger partial charge in [-0.2, -0.15) is 5.10 Å². The lowest BCUT2D eigenvalue weighted by molar-refractivity contribution is -0.123. The van der Waals surface area contributed by atoms with E-state index in [1.54, 1.807) is 18.3 Å². The Morgan fingerprint density at radius 2 is 1.78 bits per heavy atom. The van der Waals surface area contributed by atoms with Crippen LogP contribution in [0, 0.1) is 0 Å². The van der Waals surface area contributed by atoms with Crippen molar-refractivity contribution in [2.24, 2.45) is 5.10 Å². The molecule has 0 bridgehead atoms. The number of nitrogens with zero attached hydrogens (tertiary/aromatic N) is 1. The van der Waals surface area contributed by atoms with Gasteiger partial charge < -0.3 is 9.47 Å². The highest BCUT2D eigenvalue weighted by Crippen LogP contribution is 2.26. The Bertz CT molecular complexity index is 672. The van der Waals surface area contributed by atoms with Crippen LogP contribution in [0.15, 0.2) is 58.1 Å². The van der Waals surface area contributed by atoms with E-state index >= 15 is 0 Å². The molecule has 0 unspecified atom stereocenters. The number of para-hydroxylation sites is 2. The second-order valence-corrected chi connectivity index (χ2v) is 5.43. The fraction of sp³-hybridized carbons (Fsp3) is 0.176. The van der Waals surface area contributed by atoms with Crippen molar-refractivity contribution in [3.8, 4) is 11.5 Å². The molecule has 2 aromatic rings. The molecule has 0 saturated heterocycles. The monoisotopic (exact) mass is 376 g/mol. The summed E-state index contributed by atoms with van der Waals surface area (Å²) in [4.78, 5) is 11.7. The first-order valence-corrected chi connectivity index (χ1v) is 7.90. The van der Waals surface area contributed by atoms with Crippen LogP contribution in [-0.2, 0) is 4.79 Å². The van der Waals surface area contributed by atoms with Crippen LogP contribution in [-0.4, -0.2) is 25.3 Å². The van der Waals surface area contributed by atoms with Gasteiger partial charge in [-0.3, -0.25) is 4.79 Å². The molecule has 23 heavy (non-hydrogen) atoms. The molecule has 0 fully saturated rings. The summed E-state index contributed by atoms with van der Waals surface area (Å²) in [6.45, 7) is 2.28. The van der Waals surface area contributed by atoms with E-state index in [0.717, 1.165) is 10.0 Å². The number of nitrogens with one attached hydrogen (secondary N) is 1. The minimum Gasteiger partial charge on any atom is -0.490 e. The Hall–Kier alpha value is -2.34. The van der Waals surface area contributed by atoms with E-state index in [4.69, 9.17) is 9.47 Å². The van der Waals surface area contributed by atoms with Gasteiger partial charge in [0.1, 0.15) is 0 Å². The number of hydrogen-bond acceptors (Lipinski definition) is 4. The SMILES string of the molecule is CCOc1ccccc1OCC(=O)N/N=C\c1ccc(Br)cc1. The third-order valence-electron chi connectivity index (χ3n) is 2.78. The first-order chi connectivity index (χ1) is 11.2. The number of ether oxygens (including phenoxy) is 2. The fourth-order valence-electron chi connectivity index (χ4n) is 1.75. The largest absolute Gasteiger partial charge is 0.490 e. The number of hydrazone groups is 1. The van der Waals surface area contributed by atoms with Gasteiger partial charge in [0, 0.05) is 4.47 Å². The standard InChI is InChI=1S/C17H17BrN2O3/c1-2-22-15-5-3-4-6-16(15)23-12-17(21)20-19-11-13-7-9-14(18)10-8-13/h3-11H,2,12H2,1H3,(H,20,21)/b19-11-. The smallest absolute Gasteiger partial charge is 0.277 e. The summed E-state index contributed by atoms with van der Waals surface area (Å²) in [6, 6.07) is 14.8. The van der Waals surface area contributed by atoms with Gasteiger partial charge in [-0.05, 0) is 36.8 Å². The minimum atomic E-state index is -0.343. The Balaban J connectivity index is 1.82. The molecule has 5 nitrogen and oxygen atoms in total. The van der Waals surface area contributed by atoms with E-state index in [9.17, 15) is 4.79 Å². The van der Waals surface area contributed by atoms with E-state index in [-0.39, 0.29) is 12.5 Å². The zero-order valence-electron chi connectivity index (χ0n) is 12.7.